The highest BCUT2D eigenvalue weighted by atomic mass is 35.5. The number of nitro groups is 1. The average Bonchev–Trinajstić information content (AvgIpc) is 3.29. The Bertz CT molecular complexity index is 1310. The zero-order valence-electron chi connectivity index (χ0n) is 18.5. The lowest BCUT2D eigenvalue weighted by molar-refractivity contribution is -0.534. The van der Waals surface area contributed by atoms with Crippen molar-refractivity contribution in [2.24, 2.45) is 0 Å². The minimum Gasteiger partial charge on any atom is -0.486 e. The number of halogens is 3. The van der Waals surface area contributed by atoms with E-state index in [2.05, 4.69) is 5.32 Å². The summed E-state index contributed by atoms with van der Waals surface area (Å²) in [6, 6.07) is 14.8. The van der Waals surface area contributed by atoms with Crippen LogP contribution in [0.15, 0.2) is 60.7 Å². The fraction of sp³-hybridized carbons (Fsp3) is 0.240. The maximum atomic E-state index is 13.2. The van der Waals surface area contributed by atoms with E-state index in [4.69, 9.17) is 27.9 Å². The second-order valence-corrected chi connectivity index (χ2v) is 9.53. The van der Waals surface area contributed by atoms with E-state index in [9.17, 15) is 19.3 Å². The number of hydrogen-bond donors (Lipinski definition) is 1. The van der Waals surface area contributed by atoms with Crippen LogP contribution >= 0.6 is 23.2 Å². The second-order valence-electron chi connectivity index (χ2n) is 8.71. The lowest BCUT2D eigenvalue weighted by atomic mass is 9.79. The van der Waals surface area contributed by atoms with Gasteiger partial charge in [0, 0.05) is 22.7 Å². The molecule has 3 atom stereocenters. The van der Waals surface area contributed by atoms with Crippen LogP contribution in [0.2, 0.25) is 10.0 Å². The van der Waals surface area contributed by atoms with Gasteiger partial charge in [-0.15, -0.1) is 0 Å². The van der Waals surface area contributed by atoms with Crippen LogP contribution in [0.1, 0.15) is 22.6 Å². The Morgan fingerprint density at radius 2 is 1.83 bits per heavy atom. The molecule has 1 N–H and O–H groups in total. The molecule has 0 saturated carbocycles. The molecule has 0 aliphatic carbocycles. The lowest BCUT2D eigenvalue weighted by Crippen LogP contribution is -2.54. The molecule has 2 aliphatic rings. The fourth-order valence-corrected chi connectivity index (χ4v) is 5.86. The first-order valence-corrected chi connectivity index (χ1v) is 11.6. The Kier molecular flexibility index (Phi) is 5.91. The zero-order chi connectivity index (χ0) is 24.9. The number of ether oxygens (including phenoxy) is 1. The van der Waals surface area contributed by atoms with E-state index in [0.717, 1.165) is 5.56 Å². The van der Waals surface area contributed by atoms with Gasteiger partial charge in [0.1, 0.15) is 12.4 Å². The number of nitrogens with zero attached hydrogens (tertiary/aromatic N) is 2. The number of likely N-dealkylation sites (N-methyl/N-ethyl adjacent to an activating group) is 1. The van der Waals surface area contributed by atoms with Crippen molar-refractivity contribution in [1.82, 2.24) is 4.90 Å². The predicted molar refractivity (Wildman–Crippen MR) is 130 cm³/mol. The number of anilines is 1. The summed E-state index contributed by atoms with van der Waals surface area (Å²) in [5, 5.41) is 15.6. The number of benzene rings is 3. The Morgan fingerprint density at radius 3 is 2.49 bits per heavy atom. The number of hydrogen-bond acceptors (Lipinski definition) is 5. The van der Waals surface area contributed by atoms with Gasteiger partial charge in [0.25, 0.3) is 11.9 Å². The number of carbonyl (C=O) groups is 1. The molecule has 0 unspecified atom stereocenters. The Labute approximate surface area is 210 Å². The van der Waals surface area contributed by atoms with E-state index in [1.165, 1.54) is 12.1 Å². The summed E-state index contributed by atoms with van der Waals surface area (Å²) in [6.45, 7) is 0.360. The summed E-state index contributed by atoms with van der Waals surface area (Å²) in [5.74, 6) is -1.22. The van der Waals surface area contributed by atoms with Gasteiger partial charge in [-0.1, -0.05) is 53.5 Å². The normalized spacial score (nSPS) is 23.4. The summed E-state index contributed by atoms with van der Waals surface area (Å²) in [6.07, 6.45) is 0. The summed E-state index contributed by atoms with van der Waals surface area (Å²) in [7, 11) is 1.71. The maximum absolute atomic E-state index is 13.2. The van der Waals surface area contributed by atoms with Gasteiger partial charge in [0.05, 0.1) is 16.0 Å². The largest absolute Gasteiger partial charge is 0.486 e. The van der Waals surface area contributed by atoms with Crippen molar-refractivity contribution in [2.45, 2.75) is 24.1 Å². The Balaban J connectivity index is 1.50. The van der Waals surface area contributed by atoms with Crippen molar-refractivity contribution in [3.05, 3.63) is 103 Å². The zero-order valence-corrected chi connectivity index (χ0v) is 20.0. The molecule has 7 nitrogen and oxygen atoms in total. The number of nitrogens with one attached hydrogen (secondary N) is 1. The molecular formula is C25H20Cl2FN3O4. The van der Waals surface area contributed by atoms with Crippen molar-refractivity contribution in [3.63, 3.8) is 0 Å². The van der Waals surface area contributed by atoms with Gasteiger partial charge in [-0.25, -0.2) is 4.39 Å². The van der Waals surface area contributed by atoms with Gasteiger partial charge >= 0.3 is 0 Å². The molecule has 180 valence electrons. The highest BCUT2D eigenvalue weighted by Gasteiger charge is 2.68. The van der Waals surface area contributed by atoms with Crippen LogP contribution in [-0.2, 0) is 16.9 Å². The molecule has 1 amide bonds. The molecule has 2 heterocycles. The molecule has 1 saturated heterocycles. The molecule has 1 fully saturated rings. The monoisotopic (exact) mass is 515 g/mol. The Morgan fingerprint density at radius 1 is 1.17 bits per heavy atom. The van der Waals surface area contributed by atoms with Crippen LogP contribution in [0.4, 0.5) is 10.1 Å². The van der Waals surface area contributed by atoms with Gasteiger partial charge < -0.3 is 10.1 Å². The predicted octanol–water partition coefficient (Wildman–Crippen LogP) is 5.23. The number of rotatable bonds is 5. The quantitative estimate of drug-likeness (QED) is 0.371. The van der Waals surface area contributed by atoms with E-state index in [0.29, 0.717) is 16.8 Å². The van der Waals surface area contributed by atoms with Crippen molar-refractivity contribution in [1.29, 1.82) is 0 Å². The molecule has 3 aromatic carbocycles. The first-order chi connectivity index (χ1) is 16.7. The van der Waals surface area contributed by atoms with E-state index in [-0.39, 0.29) is 34.8 Å². The smallest absolute Gasteiger partial charge is 0.256 e. The number of carbonyl (C=O) groups excluding carboxylic acids is 1. The van der Waals surface area contributed by atoms with E-state index in [1.807, 2.05) is 0 Å². The molecule has 3 aromatic rings. The van der Waals surface area contributed by atoms with Gasteiger partial charge in [-0.2, -0.15) is 0 Å². The minimum absolute atomic E-state index is 0.114. The van der Waals surface area contributed by atoms with Gasteiger partial charge in [0.2, 0.25) is 0 Å². The van der Waals surface area contributed by atoms with Gasteiger partial charge in [-0.05, 0) is 48.5 Å². The van der Waals surface area contributed by atoms with Crippen LogP contribution in [-0.4, -0.2) is 35.4 Å². The number of likely N-dealkylation sites (tertiary alicyclic amines) is 1. The molecule has 0 bridgehead atoms. The highest BCUT2D eigenvalue weighted by molar-refractivity contribution is 6.37. The van der Waals surface area contributed by atoms with Crippen LogP contribution in [0.5, 0.6) is 5.75 Å². The van der Waals surface area contributed by atoms with Crippen molar-refractivity contribution in [2.75, 3.05) is 18.9 Å². The summed E-state index contributed by atoms with van der Waals surface area (Å²) < 4.78 is 18.9. The third-order valence-corrected chi connectivity index (χ3v) is 7.35. The molecule has 5 rings (SSSR count). The average molecular weight is 516 g/mol. The highest BCUT2D eigenvalue weighted by Crippen LogP contribution is 2.52. The first-order valence-electron chi connectivity index (χ1n) is 10.9. The van der Waals surface area contributed by atoms with Crippen LogP contribution < -0.4 is 10.1 Å². The summed E-state index contributed by atoms with van der Waals surface area (Å²) in [5.41, 5.74) is 0.949. The molecule has 0 aromatic heterocycles. The third kappa shape index (κ3) is 3.73. The van der Waals surface area contributed by atoms with Crippen LogP contribution in [0.3, 0.4) is 0 Å². The number of amides is 1. The standard InChI is InChI=1S/C25H20Cl2FN3O4/c1-30-12-17(23(31(33)34)25(30)18-4-2-3-5-21(18)29-24(25)32)15-10-19(26)22(20(27)11-15)35-13-14-6-8-16(28)9-7-14/h2-11,17,23H,12-13H2,1H3,(H,29,32)/t17-,23-,25-/m1/s1. The van der Waals surface area contributed by atoms with Crippen LogP contribution in [0, 0.1) is 15.9 Å². The first kappa shape index (κ1) is 23.5. The van der Waals surface area contributed by atoms with Gasteiger partial charge in [0.15, 0.2) is 11.3 Å². The van der Waals surface area contributed by atoms with E-state index in [1.54, 1.807) is 60.5 Å². The molecule has 1 spiro atoms. The summed E-state index contributed by atoms with van der Waals surface area (Å²) in [4.78, 5) is 27.0. The SMILES string of the molecule is CN1C[C@H](c2cc(Cl)c(OCc3ccc(F)cc3)c(Cl)c2)[C@@H]([N+](=O)[O-])[C@]12C(=O)Nc1ccccc12. The third-order valence-electron chi connectivity index (χ3n) is 6.79. The lowest BCUT2D eigenvalue weighted by Gasteiger charge is -2.30. The molecule has 35 heavy (non-hydrogen) atoms. The number of fused-ring (bicyclic) bond motifs is 2. The Hall–Kier alpha value is -3.20. The van der Waals surface area contributed by atoms with Crippen molar-refractivity contribution >= 4 is 34.8 Å². The van der Waals surface area contributed by atoms with E-state index < -0.39 is 28.3 Å². The van der Waals surface area contributed by atoms with Crippen molar-refractivity contribution in [3.8, 4) is 5.75 Å². The van der Waals surface area contributed by atoms with Gasteiger partial charge in [-0.3, -0.25) is 19.8 Å². The summed E-state index contributed by atoms with van der Waals surface area (Å²) >= 11 is 13.0. The van der Waals surface area contributed by atoms with Crippen molar-refractivity contribution < 1.29 is 18.8 Å². The second kappa shape index (κ2) is 8.78. The molecule has 2 aliphatic heterocycles. The topological polar surface area (TPSA) is 84.7 Å². The maximum Gasteiger partial charge on any atom is 0.256 e. The van der Waals surface area contributed by atoms with Crippen LogP contribution in [0.25, 0.3) is 0 Å². The number of para-hydroxylation sites is 1. The molecule has 10 heteroatoms. The van der Waals surface area contributed by atoms with E-state index >= 15 is 0 Å². The molecular weight excluding hydrogens is 496 g/mol. The molecule has 0 radical (unpaired) electrons. The fourth-order valence-electron chi connectivity index (χ4n) is 5.25. The minimum atomic E-state index is -1.46.